The first-order valence-electron chi connectivity index (χ1n) is 6.20. The zero-order chi connectivity index (χ0) is 14.4. The number of hydrogen-bond acceptors (Lipinski definition) is 6. The molecule has 0 saturated heterocycles. The molecule has 0 aliphatic heterocycles. The van der Waals surface area contributed by atoms with Gasteiger partial charge in [-0.05, 0) is 26.0 Å². The molecule has 0 aliphatic rings. The van der Waals surface area contributed by atoms with E-state index in [-0.39, 0.29) is 6.01 Å². The minimum Gasteiger partial charge on any atom is -0.463 e. The second-order valence-electron chi connectivity index (χ2n) is 3.98. The van der Waals surface area contributed by atoms with Gasteiger partial charge in [0.25, 0.3) is 0 Å². The highest BCUT2D eigenvalue weighted by atomic mass is 16.5. The van der Waals surface area contributed by atoms with Gasteiger partial charge < -0.3 is 14.5 Å². The topological polar surface area (TPSA) is 77.2 Å². The van der Waals surface area contributed by atoms with Crippen LogP contribution in [0.1, 0.15) is 13.8 Å². The molecule has 1 aromatic heterocycles. The van der Waals surface area contributed by atoms with Gasteiger partial charge in [0.1, 0.15) is 0 Å². The molecule has 1 heterocycles. The smallest absolute Gasteiger partial charge is 0.332 e. The summed E-state index contributed by atoms with van der Waals surface area (Å²) in [6.45, 7) is 3.79. The van der Waals surface area contributed by atoms with Crippen molar-refractivity contribution < 1.29 is 13.9 Å². The van der Waals surface area contributed by atoms with Crippen LogP contribution in [0, 0.1) is 0 Å². The Bertz CT molecular complexity index is 605. The van der Waals surface area contributed by atoms with E-state index in [1.165, 1.54) is 6.08 Å². The minimum absolute atomic E-state index is 0.224. The number of nitrogens with one attached hydrogen (secondary N) is 1. The van der Waals surface area contributed by atoms with Gasteiger partial charge in [0, 0.05) is 17.3 Å². The Morgan fingerprint density at radius 1 is 1.35 bits per heavy atom. The highest BCUT2D eigenvalue weighted by Gasteiger charge is 2.08. The number of carbonyl (C=O) groups is 1. The molecule has 0 unspecified atom stereocenters. The molecule has 0 spiro atoms. The van der Waals surface area contributed by atoms with E-state index in [0.29, 0.717) is 18.2 Å². The van der Waals surface area contributed by atoms with Gasteiger partial charge in [-0.2, -0.15) is 0 Å². The van der Waals surface area contributed by atoms with E-state index in [1.54, 1.807) is 13.8 Å². The molecule has 6 heteroatoms. The summed E-state index contributed by atoms with van der Waals surface area (Å²) in [5.41, 5.74) is 1.40. The summed E-state index contributed by atoms with van der Waals surface area (Å²) in [5, 5.41) is 10.6. The highest BCUT2D eigenvalue weighted by molar-refractivity contribution is 5.83. The van der Waals surface area contributed by atoms with Crippen molar-refractivity contribution in [1.29, 1.82) is 0 Å². The standard InChI is InChI=1S/C14H15N3O3/c1-3-19-12(18)9-10(2)15-14-17-16-13(20-14)11-7-5-4-6-8-11/h4-9H,3H2,1-2H3,(H,15,17). The molecule has 1 aromatic carbocycles. The number of hydrogen-bond donors (Lipinski definition) is 1. The van der Waals surface area contributed by atoms with Crippen LogP contribution in [0.25, 0.3) is 11.5 Å². The van der Waals surface area contributed by atoms with Crippen molar-refractivity contribution in [1.82, 2.24) is 10.2 Å². The molecule has 1 N–H and O–H groups in total. The number of aromatic nitrogens is 2. The van der Waals surface area contributed by atoms with E-state index >= 15 is 0 Å². The predicted octanol–water partition coefficient (Wildman–Crippen LogP) is 2.62. The molecule has 0 amide bonds. The lowest BCUT2D eigenvalue weighted by Gasteiger charge is -2.01. The largest absolute Gasteiger partial charge is 0.463 e. The number of nitrogens with zero attached hydrogens (tertiary/aromatic N) is 2. The van der Waals surface area contributed by atoms with Gasteiger partial charge in [0.2, 0.25) is 5.89 Å². The third-order valence-corrected chi connectivity index (χ3v) is 2.37. The Labute approximate surface area is 116 Å². The van der Waals surface area contributed by atoms with Gasteiger partial charge in [-0.25, -0.2) is 4.79 Å². The van der Waals surface area contributed by atoms with E-state index in [1.807, 2.05) is 30.3 Å². The van der Waals surface area contributed by atoms with Gasteiger partial charge in [0.15, 0.2) is 0 Å². The lowest BCUT2D eigenvalue weighted by Crippen LogP contribution is -2.04. The van der Waals surface area contributed by atoms with Gasteiger partial charge in [-0.3, -0.25) is 0 Å². The zero-order valence-electron chi connectivity index (χ0n) is 11.3. The second-order valence-corrected chi connectivity index (χ2v) is 3.98. The number of esters is 1. The Morgan fingerprint density at radius 3 is 2.80 bits per heavy atom. The van der Waals surface area contributed by atoms with Crippen LogP contribution in [0.2, 0.25) is 0 Å². The first-order chi connectivity index (χ1) is 9.69. The predicted molar refractivity (Wildman–Crippen MR) is 73.7 cm³/mol. The Hall–Kier alpha value is -2.63. The summed E-state index contributed by atoms with van der Waals surface area (Å²) in [4.78, 5) is 11.3. The summed E-state index contributed by atoms with van der Waals surface area (Å²) in [6, 6.07) is 9.65. The van der Waals surface area contributed by atoms with Crippen LogP contribution in [-0.4, -0.2) is 22.8 Å². The number of benzene rings is 1. The maximum atomic E-state index is 11.3. The first kappa shape index (κ1) is 13.8. The van der Waals surface area contributed by atoms with Crippen molar-refractivity contribution in [3.63, 3.8) is 0 Å². The van der Waals surface area contributed by atoms with Crippen LogP contribution in [0.4, 0.5) is 6.01 Å². The highest BCUT2D eigenvalue weighted by Crippen LogP contribution is 2.19. The lowest BCUT2D eigenvalue weighted by molar-refractivity contribution is -0.137. The maximum absolute atomic E-state index is 11.3. The van der Waals surface area contributed by atoms with Crippen LogP contribution in [0.5, 0.6) is 0 Å². The quantitative estimate of drug-likeness (QED) is 0.666. The molecular formula is C14H15N3O3. The molecular weight excluding hydrogens is 258 g/mol. The summed E-state index contributed by atoms with van der Waals surface area (Å²) in [6.07, 6.45) is 1.33. The van der Waals surface area contributed by atoms with E-state index < -0.39 is 5.97 Å². The van der Waals surface area contributed by atoms with Crippen LogP contribution in [0.3, 0.4) is 0 Å². The minimum atomic E-state index is -0.416. The molecule has 0 saturated carbocycles. The molecule has 0 bridgehead atoms. The number of ether oxygens (including phenoxy) is 1. The third kappa shape index (κ3) is 3.68. The van der Waals surface area contributed by atoms with Crippen molar-refractivity contribution in [2.45, 2.75) is 13.8 Å². The molecule has 6 nitrogen and oxygen atoms in total. The van der Waals surface area contributed by atoms with E-state index in [2.05, 4.69) is 15.5 Å². The number of allylic oxidation sites excluding steroid dienone is 1. The van der Waals surface area contributed by atoms with E-state index in [0.717, 1.165) is 5.56 Å². The van der Waals surface area contributed by atoms with E-state index in [9.17, 15) is 4.79 Å². The SMILES string of the molecule is CCOC(=O)C=C(C)Nc1nnc(-c2ccccc2)o1. The molecule has 2 aromatic rings. The summed E-state index contributed by atoms with van der Waals surface area (Å²) < 4.78 is 10.3. The molecule has 0 fully saturated rings. The summed E-state index contributed by atoms with van der Waals surface area (Å²) in [7, 11) is 0. The average Bonchev–Trinajstić information content (AvgIpc) is 2.88. The van der Waals surface area contributed by atoms with Crippen LogP contribution in [0.15, 0.2) is 46.5 Å². The first-order valence-corrected chi connectivity index (χ1v) is 6.20. The second kappa shape index (κ2) is 6.51. The fourth-order valence-electron chi connectivity index (χ4n) is 1.54. The van der Waals surface area contributed by atoms with Gasteiger partial charge in [-0.1, -0.05) is 23.3 Å². The lowest BCUT2D eigenvalue weighted by atomic mass is 10.2. The fourth-order valence-corrected chi connectivity index (χ4v) is 1.54. The van der Waals surface area contributed by atoms with Crippen LogP contribution < -0.4 is 5.32 Å². The van der Waals surface area contributed by atoms with Crippen molar-refractivity contribution >= 4 is 12.0 Å². The fraction of sp³-hybridized carbons (Fsp3) is 0.214. The van der Waals surface area contributed by atoms with Crippen molar-refractivity contribution in [3.8, 4) is 11.5 Å². The third-order valence-electron chi connectivity index (χ3n) is 2.37. The monoisotopic (exact) mass is 273 g/mol. The molecule has 0 atom stereocenters. The average molecular weight is 273 g/mol. The zero-order valence-corrected chi connectivity index (χ0v) is 11.3. The van der Waals surface area contributed by atoms with Gasteiger partial charge >= 0.3 is 12.0 Å². The van der Waals surface area contributed by atoms with Crippen LogP contribution in [-0.2, 0) is 9.53 Å². The van der Waals surface area contributed by atoms with Crippen molar-refractivity contribution in [2.24, 2.45) is 0 Å². The normalized spacial score (nSPS) is 11.2. The summed E-state index contributed by atoms with van der Waals surface area (Å²) >= 11 is 0. The van der Waals surface area contributed by atoms with Gasteiger partial charge in [0.05, 0.1) is 6.61 Å². The summed E-state index contributed by atoms with van der Waals surface area (Å²) in [5.74, 6) is -0.00247. The van der Waals surface area contributed by atoms with Crippen molar-refractivity contribution in [2.75, 3.05) is 11.9 Å². The number of rotatable bonds is 5. The Balaban J connectivity index is 2.05. The Morgan fingerprint density at radius 2 is 2.10 bits per heavy atom. The maximum Gasteiger partial charge on any atom is 0.332 e. The van der Waals surface area contributed by atoms with E-state index in [4.69, 9.17) is 9.15 Å². The van der Waals surface area contributed by atoms with Gasteiger partial charge in [-0.15, -0.1) is 5.10 Å². The molecule has 0 radical (unpaired) electrons. The molecule has 2 rings (SSSR count). The Kier molecular flexibility index (Phi) is 4.49. The number of carbonyl (C=O) groups excluding carboxylic acids is 1. The molecule has 20 heavy (non-hydrogen) atoms. The molecule has 0 aliphatic carbocycles. The number of anilines is 1. The molecule has 104 valence electrons. The van der Waals surface area contributed by atoms with Crippen LogP contribution >= 0.6 is 0 Å². The van der Waals surface area contributed by atoms with Crippen molar-refractivity contribution in [3.05, 3.63) is 42.1 Å².